The molecule has 0 saturated heterocycles. The molecule has 1 atom stereocenters. The third-order valence-electron chi connectivity index (χ3n) is 5.79. The average molecular weight is 443 g/mol. The van der Waals surface area contributed by atoms with Gasteiger partial charge in [-0.05, 0) is 37.5 Å². The summed E-state index contributed by atoms with van der Waals surface area (Å²) in [6, 6.07) is 0. The zero-order valence-corrected chi connectivity index (χ0v) is 21.4. The molecule has 31 heavy (non-hydrogen) atoms. The SMILES string of the molecule is CCCCCCCCC(CCCCCC)COC(=O)CCCOCCOCCC(C)C. The van der Waals surface area contributed by atoms with Crippen LogP contribution < -0.4 is 0 Å². The Morgan fingerprint density at radius 3 is 1.81 bits per heavy atom. The molecule has 1 unspecified atom stereocenters. The van der Waals surface area contributed by atoms with E-state index >= 15 is 0 Å². The second-order valence-electron chi connectivity index (χ2n) is 9.47. The average Bonchev–Trinajstić information content (AvgIpc) is 2.75. The van der Waals surface area contributed by atoms with Crippen molar-refractivity contribution in [1.82, 2.24) is 0 Å². The Labute approximate surface area is 194 Å². The smallest absolute Gasteiger partial charge is 0.305 e. The van der Waals surface area contributed by atoms with E-state index in [0.717, 1.165) is 19.4 Å². The molecule has 0 aromatic carbocycles. The number of ether oxygens (including phenoxy) is 3. The fourth-order valence-corrected chi connectivity index (χ4v) is 3.63. The number of carbonyl (C=O) groups is 1. The first kappa shape index (κ1) is 30.4. The van der Waals surface area contributed by atoms with E-state index in [9.17, 15) is 4.79 Å². The molecular formula is C27H54O4. The van der Waals surface area contributed by atoms with Crippen molar-refractivity contribution in [1.29, 1.82) is 0 Å². The largest absolute Gasteiger partial charge is 0.465 e. The number of unbranched alkanes of at least 4 members (excludes halogenated alkanes) is 8. The number of hydrogen-bond acceptors (Lipinski definition) is 4. The fourth-order valence-electron chi connectivity index (χ4n) is 3.63. The van der Waals surface area contributed by atoms with Gasteiger partial charge in [0.05, 0.1) is 19.8 Å². The van der Waals surface area contributed by atoms with Crippen LogP contribution in [0.5, 0.6) is 0 Å². The third-order valence-corrected chi connectivity index (χ3v) is 5.79. The maximum absolute atomic E-state index is 12.1. The van der Waals surface area contributed by atoms with E-state index in [1.165, 1.54) is 77.0 Å². The van der Waals surface area contributed by atoms with Crippen molar-refractivity contribution in [3.05, 3.63) is 0 Å². The highest BCUT2D eigenvalue weighted by molar-refractivity contribution is 5.69. The topological polar surface area (TPSA) is 44.8 Å². The van der Waals surface area contributed by atoms with Crippen LogP contribution in [0.2, 0.25) is 0 Å². The molecule has 4 nitrogen and oxygen atoms in total. The lowest BCUT2D eigenvalue weighted by molar-refractivity contribution is -0.145. The molecule has 0 aliphatic carbocycles. The van der Waals surface area contributed by atoms with Gasteiger partial charge < -0.3 is 14.2 Å². The Kier molecular flexibility index (Phi) is 23.6. The van der Waals surface area contributed by atoms with Gasteiger partial charge in [-0.3, -0.25) is 4.79 Å². The first-order chi connectivity index (χ1) is 15.1. The summed E-state index contributed by atoms with van der Waals surface area (Å²) in [5.41, 5.74) is 0. The lowest BCUT2D eigenvalue weighted by Crippen LogP contribution is -2.15. The van der Waals surface area contributed by atoms with Crippen LogP contribution in [0.4, 0.5) is 0 Å². The Morgan fingerprint density at radius 2 is 1.19 bits per heavy atom. The summed E-state index contributed by atoms with van der Waals surface area (Å²) in [5, 5.41) is 0. The van der Waals surface area contributed by atoms with Gasteiger partial charge >= 0.3 is 5.97 Å². The molecule has 0 fully saturated rings. The lowest BCUT2D eigenvalue weighted by atomic mass is 9.95. The van der Waals surface area contributed by atoms with E-state index in [4.69, 9.17) is 14.2 Å². The van der Waals surface area contributed by atoms with Crippen molar-refractivity contribution in [2.45, 2.75) is 124 Å². The van der Waals surface area contributed by atoms with Gasteiger partial charge in [0, 0.05) is 19.6 Å². The van der Waals surface area contributed by atoms with Gasteiger partial charge in [0.1, 0.15) is 0 Å². The molecule has 186 valence electrons. The van der Waals surface area contributed by atoms with Gasteiger partial charge in [-0.2, -0.15) is 0 Å². The van der Waals surface area contributed by atoms with Crippen LogP contribution in [-0.4, -0.2) is 39.0 Å². The Balaban J connectivity index is 3.82. The van der Waals surface area contributed by atoms with Crippen molar-refractivity contribution < 1.29 is 19.0 Å². The standard InChI is InChI=1S/C27H54O4/c1-5-7-9-11-12-14-17-26(16-13-10-8-6-2)24-31-27(28)18-15-20-29-22-23-30-21-19-25(3)4/h25-26H,5-24H2,1-4H3. The molecule has 0 spiro atoms. The predicted molar refractivity (Wildman–Crippen MR) is 132 cm³/mol. The van der Waals surface area contributed by atoms with Gasteiger partial charge in [-0.15, -0.1) is 0 Å². The number of rotatable bonds is 24. The number of carbonyl (C=O) groups excluding carboxylic acids is 1. The van der Waals surface area contributed by atoms with E-state index in [0.29, 0.717) is 44.7 Å². The van der Waals surface area contributed by atoms with Crippen LogP contribution >= 0.6 is 0 Å². The van der Waals surface area contributed by atoms with E-state index in [1.54, 1.807) is 0 Å². The molecule has 0 rings (SSSR count). The highest BCUT2D eigenvalue weighted by atomic mass is 16.5. The number of esters is 1. The van der Waals surface area contributed by atoms with Crippen LogP contribution in [0, 0.1) is 11.8 Å². The first-order valence-electron chi connectivity index (χ1n) is 13.4. The maximum atomic E-state index is 12.1. The summed E-state index contributed by atoms with van der Waals surface area (Å²) >= 11 is 0. The Hall–Kier alpha value is -0.610. The molecule has 0 bridgehead atoms. The molecule has 0 aromatic rings. The Bertz CT molecular complexity index is 370. The van der Waals surface area contributed by atoms with Gasteiger partial charge in [0.15, 0.2) is 0 Å². The quantitative estimate of drug-likeness (QED) is 0.113. The van der Waals surface area contributed by atoms with E-state index in [1.807, 2.05) is 0 Å². The van der Waals surface area contributed by atoms with E-state index in [-0.39, 0.29) is 5.97 Å². The zero-order chi connectivity index (χ0) is 23.0. The van der Waals surface area contributed by atoms with Crippen molar-refractivity contribution >= 4 is 5.97 Å². The summed E-state index contributed by atoms with van der Waals surface area (Å²) in [4.78, 5) is 12.1. The van der Waals surface area contributed by atoms with Crippen molar-refractivity contribution in [3.63, 3.8) is 0 Å². The minimum Gasteiger partial charge on any atom is -0.465 e. The van der Waals surface area contributed by atoms with Gasteiger partial charge in [-0.1, -0.05) is 91.9 Å². The minimum atomic E-state index is -0.0710. The van der Waals surface area contributed by atoms with Crippen LogP contribution in [-0.2, 0) is 19.0 Å². The van der Waals surface area contributed by atoms with Crippen LogP contribution in [0.15, 0.2) is 0 Å². The molecule has 0 aromatic heterocycles. The Morgan fingerprint density at radius 1 is 0.645 bits per heavy atom. The molecule has 4 heteroatoms. The zero-order valence-electron chi connectivity index (χ0n) is 21.4. The molecule has 0 saturated carbocycles. The normalized spacial score (nSPS) is 12.4. The van der Waals surface area contributed by atoms with E-state index < -0.39 is 0 Å². The maximum Gasteiger partial charge on any atom is 0.305 e. The summed E-state index contributed by atoms with van der Waals surface area (Å²) in [6.07, 6.45) is 17.8. The monoisotopic (exact) mass is 442 g/mol. The van der Waals surface area contributed by atoms with Crippen molar-refractivity contribution in [2.75, 3.05) is 33.0 Å². The highest BCUT2D eigenvalue weighted by Crippen LogP contribution is 2.19. The molecule has 0 aliphatic heterocycles. The molecule has 0 aliphatic rings. The summed E-state index contributed by atoms with van der Waals surface area (Å²) < 4.78 is 16.7. The third kappa shape index (κ3) is 23.9. The molecule has 0 radical (unpaired) electrons. The van der Waals surface area contributed by atoms with Crippen molar-refractivity contribution in [2.24, 2.45) is 11.8 Å². The summed E-state index contributed by atoms with van der Waals surface area (Å²) in [7, 11) is 0. The minimum absolute atomic E-state index is 0.0710. The van der Waals surface area contributed by atoms with Crippen LogP contribution in [0.25, 0.3) is 0 Å². The van der Waals surface area contributed by atoms with Gasteiger partial charge in [0.25, 0.3) is 0 Å². The van der Waals surface area contributed by atoms with Crippen LogP contribution in [0.3, 0.4) is 0 Å². The highest BCUT2D eigenvalue weighted by Gasteiger charge is 2.12. The fraction of sp³-hybridized carbons (Fsp3) is 0.963. The number of hydrogen-bond donors (Lipinski definition) is 0. The molecular weight excluding hydrogens is 388 g/mol. The second-order valence-corrected chi connectivity index (χ2v) is 9.47. The molecule has 0 N–H and O–H groups in total. The molecule has 0 heterocycles. The van der Waals surface area contributed by atoms with Gasteiger partial charge in [-0.25, -0.2) is 0 Å². The second kappa shape index (κ2) is 24.0. The van der Waals surface area contributed by atoms with Crippen LogP contribution in [0.1, 0.15) is 124 Å². The van der Waals surface area contributed by atoms with Crippen molar-refractivity contribution in [3.8, 4) is 0 Å². The summed E-state index contributed by atoms with van der Waals surface area (Å²) in [6.45, 7) is 12.1. The van der Waals surface area contributed by atoms with Gasteiger partial charge in [0.2, 0.25) is 0 Å². The first-order valence-corrected chi connectivity index (χ1v) is 13.4. The lowest BCUT2D eigenvalue weighted by Gasteiger charge is -2.17. The summed E-state index contributed by atoms with van der Waals surface area (Å²) in [5.74, 6) is 1.14. The molecule has 0 amide bonds. The van der Waals surface area contributed by atoms with E-state index in [2.05, 4.69) is 27.7 Å². The predicted octanol–water partition coefficient (Wildman–Crippen LogP) is 7.73.